The van der Waals surface area contributed by atoms with E-state index in [0.717, 1.165) is 5.56 Å². The number of aromatic amines is 1. The Hall–Kier alpha value is -3.89. The second kappa shape index (κ2) is 10.8. The molecule has 2 aromatic heterocycles. The maximum Gasteiger partial charge on any atom is 0.405 e. The van der Waals surface area contributed by atoms with Gasteiger partial charge in [-0.15, -0.1) is 0 Å². The number of aromatic nitrogens is 3. The van der Waals surface area contributed by atoms with E-state index in [1.54, 1.807) is 26.1 Å². The van der Waals surface area contributed by atoms with E-state index in [1.165, 1.54) is 12.3 Å². The van der Waals surface area contributed by atoms with Gasteiger partial charge in [-0.25, -0.2) is 9.97 Å². The average Bonchev–Trinajstić information content (AvgIpc) is 3.30. The van der Waals surface area contributed by atoms with Crippen molar-refractivity contribution in [2.24, 2.45) is 5.92 Å². The lowest BCUT2D eigenvalue weighted by Crippen LogP contribution is -2.46. The van der Waals surface area contributed by atoms with Gasteiger partial charge in [0, 0.05) is 28.8 Å². The number of benzene rings is 1. The number of H-pyrrole nitrogens is 1. The summed E-state index contributed by atoms with van der Waals surface area (Å²) in [7, 11) is 0. The van der Waals surface area contributed by atoms with Gasteiger partial charge in [0.05, 0.1) is 0 Å². The van der Waals surface area contributed by atoms with Crippen LogP contribution >= 0.6 is 0 Å². The molecule has 3 rings (SSSR count). The fourth-order valence-corrected chi connectivity index (χ4v) is 3.10. The molecule has 2 heterocycles. The molecular weight excluding hydrogens is 449 g/mol. The standard InChI is InChI=1S/C23H25F3N6O2.3H2/c1-14(2)19(22(34)30-13-23(24,25)26)31-18-8-9-27-20(32-18)16-10-17(28-12-16)21(33)29-11-15-6-4-3-5-7-15;;;/h3-10,12,14,19,28H,11,13H2,1-2H3,(H,29,33)(H,30,34)(H,27,31,32);3*1H/t19-;;;/m1.../s1. The maximum atomic E-state index is 12.5. The number of nitrogens with zero attached hydrogens (tertiary/aromatic N) is 2. The molecule has 0 bridgehead atoms. The van der Waals surface area contributed by atoms with Crippen LogP contribution in [0.5, 0.6) is 0 Å². The molecule has 0 radical (unpaired) electrons. The number of halogens is 3. The van der Waals surface area contributed by atoms with Crippen molar-refractivity contribution in [1.29, 1.82) is 0 Å². The molecule has 0 saturated carbocycles. The highest BCUT2D eigenvalue weighted by Gasteiger charge is 2.30. The van der Waals surface area contributed by atoms with Crippen molar-refractivity contribution in [1.82, 2.24) is 25.6 Å². The molecule has 1 atom stereocenters. The zero-order valence-electron chi connectivity index (χ0n) is 18.6. The third-order valence-corrected chi connectivity index (χ3v) is 4.85. The van der Waals surface area contributed by atoms with E-state index in [2.05, 4.69) is 25.6 Å². The lowest BCUT2D eigenvalue weighted by molar-refractivity contribution is -0.139. The van der Waals surface area contributed by atoms with Gasteiger partial charge in [-0.3, -0.25) is 9.59 Å². The molecule has 0 saturated heterocycles. The lowest BCUT2D eigenvalue weighted by Gasteiger charge is -2.22. The zero-order valence-corrected chi connectivity index (χ0v) is 18.6. The minimum Gasteiger partial charge on any atom is -0.358 e. The van der Waals surface area contributed by atoms with Crippen LogP contribution in [0.25, 0.3) is 11.4 Å². The van der Waals surface area contributed by atoms with Crippen LogP contribution in [0.2, 0.25) is 0 Å². The normalized spacial score (nSPS) is 12.3. The third-order valence-electron chi connectivity index (χ3n) is 4.85. The minimum absolute atomic E-state index is 0. The summed E-state index contributed by atoms with van der Waals surface area (Å²) in [6, 6.07) is 11.6. The third kappa shape index (κ3) is 7.06. The monoisotopic (exact) mass is 480 g/mol. The Labute approximate surface area is 198 Å². The van der Waals surface area contributed by atoms with Crippen molar-refractivity contribution in [3.05, 3.63) is 66.1 Å². The molecule has 11 heteroatoms. The number of hydrogen-bond donors (Lipinski definition) is 4. The van der Waals surface area contributed by atoms with E-state index in [-0.39, 0.29) is 27.7 Å². The summed E-state index contributed by atoms with van der Waals surface area (Å²) >= 11 is 0. The molecule has 8 nitrogen and oxygen atoms in total. The summed E-state index contributed by atoms with van der Waals surface area (Å²) in [5, 5.41) is 7.58. The van der Waals surface area contributed by atoms with E-state index >= 15 is 0 Å². The zero-order chi connectivity index (χ0) is 24.7. The predicted octanol–water partition coefficient (Wildman–Crippen LogP) is 4.25. The summed E-state index contributed by atoms with van der Waals surface area (Å²) < 4.78 is 37.4. The number of amides is 2. The number of hydrogen-bond acceptors (Lipinski definition) is 5. The predicted molar refractivity (Wildman–Crippen MR) is 127 cm³/mol. The topological polar surface area (TPSA) is 112 Å². The second-order valence-electron chi connectivity index (χ2n) is 7.93. The summed E-state index contributed by atoms with van der Waals surface area (Å²) in [6.07, 6.45) is -1.47. The molecule has 3 aromatic rings. The van der Waals surface area contributed by atoms with Gasteiger partial charge in [0.25, 0.3) is 5.91 Å². The summed E-state index contributed by atoms with van der Waals surface area (Å²) in [6.45, 7) is 2.37. The first kappa shape index (κ1) is 24.7. The summed E-state index contributed by atoms with van der Waals surface area (Å²) in [4.78, 5) is 36.1. The second-order valence-corrected chi connectivity index (χ2v) is 7.93. The van der Waals surface area contributed by atoms with Gasteiger partial charge in [-0.05, 0) is 23.6 Å². The minimum atomic E-state index is -4.50. The van der Waals surface area contributed by atoms with Crippen molar-refractivity contribution in [2.75, 3.05) is 11.9 Å². The Morgan fingerprint density at radius 2 is 1.85 bits per heavy atom. The molecule has 2 amide bonds. The Kier molecular flexibility index (Phi) is 7.87. The molecular formula is C23H31F3N6O2. The fraction of sp³-hybridized carbons (Fsp3) is 0.304. The molecule has 0 spiro atoms. The SMILES string of the molecule is CC(C)[C@@H](Nc1ccnc(-c2c[nH]c(C(=O)NCc3ccccc3)c2)n1)C(=O)NCC(F)(F)F.[HH].[HH].[HH]. The van der Waals surface area contributed by atoms with Crippen molar-refractivity contribution in [3.63, 3.8) is 0 Å². The van der Waals surface area contributed by atoms with Gasteiger partial charge >= 0.3 is 6.18 Å². The van der Waals surface area contributed by atoms with Gasteiger partial charge in [0.2, 0.25) is 5.91 Å². The fourth-order valence-electron chi connectivity index (χ4n) is 3.10. The van der Waals surface area contributed by atoms with Crippen LogP contribution < -0.4 is 16.0 Å². The van der Waals surface area contributed by atoms with Gasteiger partial charge in [-0.2, -0.15) is 13.2 Å². The van der Waals surface area contributed by atoms with Crippen LogP contribution in [-0.2, 0) is 11.3 Å². The molecule has 0 aliphatic carbocycles. The van der Waals surface area contributed by atoms with Crippen molar-refractivity contribution in [2.45, 2.75) is 32.6 Å². The van der Waals surface area contributed by atoms with Crippen molar-refractivity contribution >= 4 is 17.6 Å². The smallest absolute Gasteiger partial charge is 0.358 e. The van der Waals surface area contributed by atoms with Crippen LogP contribution in [0.1, 0.15) is 34.2 Å². The summed E-state index contributed by atoms with van der Waals surface area (Å²) in [5.41, 5.74) is 1.82. The van der Waals surface area contributed by atoms with E-state index in [0.29, 0.717) is 17.8 Å². The Morgan fingerprint density at radius 1 is 1.12 bits per heavy atom. The Morgan fingerprint density at radius 3 is 2.53 bits per heavy atom. The molecule has 0 unspecified atom stereocenters. The number of rotatable bonds is 9. The highest BCUT2D eigenvalue weighted by molar-refractivity contribution is 5.93. The molecule has 0 aliphatic rings. The Bertz CT molecular complexity index is 1130. The van der Waals surface area contributed by atoms with Gasteiger partial charge in [0.15, 0.2) is 5.82 Å². The van der Waals surface area contributed by atoms with E-state index in [1.807, 2.05) is 35.6 Å². The number of anilines is 1. The number of carbonyl (C=O) groups excluding carboxylic acids is 2. The van der Waals surface area contributed by atoms with Crippen LogP contribution in [0.4, 0.5) is 19.0 Å². The molecule has 0 fully saturated rings. The molecule has 1 aromatic carbocycles. The van der Waals surface area contributed by atoms with Crippen LogP contribution in [0, 0.1) is 5.92 Å². The van der Waals surface area contributed by atoms with E-state index in [9.17, 15) is 22.8 Å². The van der Waals surface area contributed by atoms with Crippen LogP contribution in [-0.4, -0.2) is 45.5 Å². The van der Waals surface area contributed by atoms with Crippen LogP contribution in [0.15, 0.2) is 54.9 Å². The lowest BCUT2D eigenvalue weighted by atomic mass is 10.0. The van der Waals surface area contributed by atoms with E-state index in [4.69, 9.17) is 0 Å². The number of alkyl halides is 3. The highest BCUT2D eigenvalue weighted by atomic mass is 19.4. The first-order valence-corrected chi connectivity index (χ1v) is 10.6. The Balaban J connectivity index is 0.00000432. The number of nitrogens with one attached hydrogen (secondary N) is 4. The highest BCUT2D eigenvalue weighted by Crippen LogP contribution is 2.19. The summed E-state index contributed by atoms with van der Waals surface area (Å²) in [5.74, 6) is -0.848. The van der Waals surface area contributed by atoms with Gasteiger partial charge in [-0.1, -0.05) is 44.2 Å². The molecule has 0 aliphatic heterocycles. The molecule has 4 N–H and O–H groups in total. The molecule has 34 heavy (non-hydrogen) atoms. The maximum absolute atomic E-state index is 12.5. The van der Waals surface area contributed by atoms with E-state index < -0.39 is 24.7 Å². The first-order chi connectivity index (χ1) is 16.1. The molecule has 186 valence electrons. The average molecular weight is 481 g/mol. The number of carbonyl (C=O) groups is 2. The quantitative estimate of drug-likeness (QED) is 0.366. The first-order valence-electron chi connectivity index (χ1n) is 10.6. The van der Waals surface area contributed by atoms with Crippen molar-refractivity contribution < 1.29 is 27.0 Å². The van der Waals surface area contributed by atoms with Crippen LogP contribution in [0.3, 0.4) is 0 Å². The largest absolute Gasteiger partial charge is 0.405 e. The van der Waals surface area contributed by atoms with Gasteiger partial charge in [0.1, 0.15) is 24.1 Å². The van der Waals surface area contributed by atoms with Gasteiger partial charge < -0.3 is 20.9 Å². The van der Waals surface area contributed by atoms with Crippen molar-refractivity contribution in [3.8, 4) is 11.4 Å².